The standard InChI is InChI=1S/C23H26N6O4/c1-17-2-5-19(14-21(17)23(30)24-8-9-27-10-12-33-13-11-27)22-16-28(26-25-22)15-18-3-6-20(7-4-18)29(31)32/h2-7,14,16H,8-13,15H2,1H3,(H,24,30). The van der Waals surface area contributed by atoms with Gasteiger partial charge in [0.25, 0.3) is 11.6 Å². The Hall–Kier alpha value is -3.63. The van der Waals surface area contributed by atoms with Crippen LogP contribution in [-0.2, 0) is 11.3 Å². The molecule has 10 nitrogen and oxygen atoms in total. The number of amides is 1. The highest BCUT2D eigenvalue weighted by atomic mass is 16.6. The summed E-state index contributed by atoms with van der Waals surface area (Å²) in [5.74, 6) is -0.110. The highest BCUT2D eigenvalue weighted by Crippen LogP contribution is 2.21. The van der Waals surface area contributed by atoms with Crippen molar-refractivity contribution in [2.75, 3.05) is 39.4 Å². The number of carbonyl (C=O) groups is 1. The van der Waals surface area contributed by atoms with Crippen molar-refractivity contribution in [1.82, 2.24) is 25.2 Å². The second-order valence-corrected chi connectivity index (χ2v) is 7.96. The molecule has 0 saturated carbocycles. The maximum absolute atomic E-state index is 12.8. The van der Waals surface area contributed by atoms with Crippen LogP contribution in [0.2, 0.25) is 0 Å². The quantitative estimate of drug-likeness (QED) is 0.413. The van der Waals surface area contributed by atoms with Crippen molar-refractivity contribution in [3.8, 4) is 11.3 Å². The average Bonchev–Trinajstić information content (AvgIpc) is 3.29. The lowest BCUT2D eigenvalue weighted by atomic mass is 10.0. The molecular formula is C23H26N6O4. The minimum atomic E-state index is -0.425. The highest BCUT2D eigenvalue weighted by molar-refractivity contribution is 5.96. The topological polar surface area (TPSA) is 115 Å². The van der Waals surface area contributed by atoms with Crippen molar-refractivity contribution in [1.29, 1.82) is 0 Å². The molecule has 0 bridgehead atoms. The number of benzene rings is 2. The van der Waals surface area contributed by atoms with Crippen LogP contribution in [0.3, 0.4) is 0 Å². The summed E-state index contributed by atoms with van der Waals surface area (Å²) in [5.41, 5.74) is 3.88. The number of nitro benzene ring substituents is 1. The third kappa shape index (κ3) is 5.79. The van der Waals surface area contributed by atoms with E-state index >= 15 is 0 Å². The molecule has 1 amide bonds. The van der Waals surface area contributed by atoms with E-state index in [4.69, 9.17) is 4.74 Å². The Morgan fingerprint density at radius 2 is 1.94 bits per heavy atom. The van der Waals surface area contributed by atoms with Gasteiger partial charge >= 0.3 is 0 Å². The summed E-state index contributed by atoms with van der Waals surface area (Å²) in [6, 6.07) is 12.0. The molecule has 1 saturated heterocycles. The third-order valence-corrected chi connectivity index (χ3v) is 5.63. The van der Waals surface area contributed by atoms with Crippen molar-refractivity contribution >= 4 is 11.6 Å². The van der Waals surface area contributed by atoms with Crippen LogP contribution in [0.5, 0.6) is 0 Å². The molecule has 2 heterocycles. The molecule has 1 fully saturated rings. The zero-order valence-electron chi connectivity index (χ0n) is 18.4. The first-order valence-corrected chi connectivity index (χ1v) is 10.8. The van der Waals surface area contributed by atoms with Gasteiger partial charge in [-0.05, 0) is 24.1 Å². The predicted molar refractivity (Wildman–Crippen MR) is 122 cm³/mol. The fourth-order valence-electron chi connectivity index (χ4n) is 3.69. The monoisotopic (exact) mass is 450 g/mol. The van der Waals surface area contributed by atoms with Gasteiger partial charge in [0, 0.05) is 49.4 Å². The van der Waals surface area contributed by atoms with Crippen LogP contribution in [0.1, 0.15) is 21.5 Å². The van der Waals surface area contributed by atoms with Crippen LogP contribution in [0.15, 0.2) is 48.7 Å². The Bertz CT molecular complexity index is 1120. The average molecular weight is 450 g/mol. The van der Waals surface area contributed by atoms with Crippen LogP contribution in [-0.4, -0.2) is 70.1 Å². The molecule has 1 aliphatic heterocycles. The van der Waals surface area contributed by atoms with Crippen molar-refractivity contribution in [3.05, 3.63) is 75.5 Å². The van der Waals surface area contributed by atoms with Gasteiger partial charge in [0.1, 0.15) is 5.69 Å². The lowest BCUT2D eigenvalue weighted by molar-refractivity contribution is -0.384. The molecule has 10 heteroatoms. The largest absolute Gasteiger partial charge is 0.379 e. The molecular weight excluding hydrogens is 424 g/mol. The van der Waals surface area contributed by atoms with E-state index in [1.807, 2.05) is 25.1 Å². The van der Waals surface area contributed by atoms with Crippen LogP contribution >= 0.6 is 0 Å². The van der Waals surface area contributed by atoms with Gasteiger partial charge in [-0.15, -0.1) is 5.10 Å². The van der Waals surface area contributed by atoms with E-state index in [-0.39, 0.29) is 11.6 Å². The SMILES string of the molecule is Cc1ccc(-c2cn(Cc3ccc([N+](=O)[O-])cc3)nn2)cc1C(=O)NCCN1CCOCC1. The smallest absolute Gasteiger partial charge is 0.269 e. The summed E-state index contributed by atoms with van der Waals surface area (Å²) in [5, 5.41) is 22.2. The van der Waals surface area contributed by atoms with E-state index < -0.39 is 4.92 Å². The zero-order chi connectivity index (χ0) is 23.2. The van der Waals surface area contributed by atoms with Gasteiger partial charge in [0.05, 0.1) is 30.9 Å². The number of nitrogens with one attached hydrogen (secondary N) is 1. The first-order chi connectivity index (χ1) is 16.0. The van der Waals surface area contributed by atoms with Gasteiger partial charge in [-0.1, -0.05) is 29.5 Å². The number of hydrogen-bond donors (Lipinski definition) is 1. The molecule has 172 valence electrons. The molecule has 1 N–H and O–H groups in total. The lowest BCUT2D eigenvalue weighted by Gasteiger charge is -2.26. The van der Waals surface area contributed by atoms with E-state index in [2.05, 4.69) is 20.5 Å². The first kappa shape index (κ1) is 22.6. The van der Waals surface area contributed by atoms with Gasteiger partial charge in [-0.3, -0.25) is 19.8 Å². The number of rotatable bonds is 8. The summed E-state index contributed by atoms with van der Waals surface area (Å²) < 4.78 is 7.01. The molecule has 3 aromatic rings. The van der Waals surface area contributed by atoms with Gasteiger partial charge in [-0.25, -0.2) is 4.68 Å². The van der Waals surface area contributed by atoms with E-state index in [1.54, 1.807) is 23.0 Å². The maximum atomic E-state index is 12.8. The normalized spacial score (nSPS) is 14.2. The zero-order valence-corrected chi connectivity index (χ0v) is 18.4. The second kappa shape index (κ2) is 10.3. The molecule has 4 rings (SSSR count). The van der Waals surface area contributed by atoms with Crippen LogP contribution in [0.25, 0.3) is 11.3 Å². The van der Waals surface area contributed by atoms with E-state index in [0.717, 1.165) is 49.5 Å². The summed E-state index contributed by atoms with van der Waals surface area (Å²) in [6.07, 6.45) is 1.80. The number of nitrogens with zero attached hydrogens (tertiary/aromatic N) is 5. The number of aromatic nitrogens is 3. The molecule has 0 radical (unpaired) electrons. The Morgan fingerprint density at radius 1 is 1.18 bits per heavy atom. The Balaban J connectivity index is 1.40. The predicted octanol–water partition coefficient (Wildman–Crippen LogP) is 2.27. The Labute approximate surface area is 191 Å². The number of ether oxygens (including phenoxy) is 1. The van der Waals surface area contributed by atoms with Crippen LogP contribution in [0, 0.1) is 17.0 Å². The third-order valence-electron chi connectivity index (χ3n) is 5.63. The number of nitro groups is 1. The second-order valence-electron chi connectivity index (χ2n) is 7.96. The molecule has 0 spiro atoms. The van der Waals surface area contributed by atoms with Crippen LogP contribution < -0.4 is 5.32 Å². The fraction of sp³-hybridized carbons (Fsp3) is 0.348. The number of carbonyl (C=O) groups excluding carboxylic acids is 1. The van der Waals surface area contributed by atoms with E-state index in [0.29, 0.717) is 24.3 Å². The van der Waals surface area contributed by atoms with Crippen molar-refractivity contribution in [2.45, 2.75) is 13.5 Å². The highest BCUT2D eigenvalue weighted by Gasteiger charge is 2.14. The Kier molecular flexibility index (Phi) is 7.06. The van der Waals surface area contributed by atoms with Crippen molar-refractivity contribution < 1.29 is 14.5 Å². The summed E-state index contributed by atoms with van der Waals surface area (Å²) in [7, 11) is 0. The minimum absolute atomic E-state index is 0.0495. The molecule has 0 atom stereocenters. The van der Waals surface area contributed by atoms with Gasteiger partial charge in [0.15, 0.2) is 0 Å². The van der Waals surface area contributed by atoms with E-state index in [9.17, 15) is 14.9 Å². The number of morpholine rings is 1. The minimum Gasteiger partial charge on any atom is -0.379 e. The maximum Gasteiger partial charge on any atom is 0.269 e. The molecule has 0 unspecified atom stereocenters. The molecule has 0 aliphatic carbocycles. The summed E-state index contributed by atoms with van der Waals surface area (Å²) in [6.45, 7) is 6.97. The van der Waals surface area contributed by atoms with Crippen molar-refractivity contribution in [3.63, 3.8) is 0 Å². The number of non-ortho nitro benzene ring substituents is 1. The lowest BCUT2D eigenvalue weighted by Crippen LogP contribution is -2.41. The van der Waals surface area contributed by atoms with Gasteiger partial charge in [-0.2, -0.15) is 0 Å². The van der Waals surface area contributed by atoms with Gasteiger partial charge in [0.2, 0.25) is 0 Å². The van der Waals surface area contributed by atoms with E-state index in [1.165, 1.54) is 12.1 Å². The molecule has 1 aromatic heterocycles. The molecule has 1 aliphatic rings. The number of aryl methyl sites for hydroxylation is 1. The van der Waals surface area contributed by atoms with Crippen LogP contribution in [0.4, 0.5) is 5.69 Å². The first-order valence-electron chi connectivity index (χ1n) is 10.8. The summed E-state index contributed by atoms with van der Waals surface area (Å²) >= 11 is 0. The molecule has 33 heavy (non-hydrogen) atoms. The summed E-state index contributed by atoms with van der Waals surface area (Å²) in [4.78, 5) is 25.4. The van der Waals surface area contributed by atoms with Gasteiger partial charge < -0.3 is 10.1 Å². The molecule has 2 aromatic carbocycles. The van der Waals surface area contributed by atoms with Crippen molar-refractivity contribution in [2.24, 2.45) is 0 Å². The number of hydrogen-bond acceptors (Lipinski definition) is 7. The Morgan fingerprint density at radius 3 is 2.67 bits per heavy atom. The fourth-order valence-corrected chi connectivity index (χ4v) is 3.69.